The van der Waals surface area contributed by atoms with Crippen molar-refractivity contribution in [1.82, 2.24) is 15.3 Å². The number of rotatable bonds is 3. The first-order valence-electron chi connectivity index (χ1n) is 9.31. The van der Waals surface area contributed by atoms with Gasteiger partial charge in [0.05, 0.1) is 21.2 Å². The van der Waals surface area contributed by atoms with Gasteiger partial charge in [-0.15, -0.1) is 0 Å². The first-order chi connectivity index (χ1) is 13.1. The summed E-state index contributed by atoms with van der Waals surface area (Å²) < 4.78 is 6.22. The topological polar surface area (TPSA) is 99.4 Å². The number of anilines is 2. The molecule has 1 fully saturated rings. The monoisotopic (exact) mass is 451 g/mol. The summed E-state index contributed by atoms with van der Waals surface area (Å²) in [7, 11) is 0. The number of aromatic nitrogens is 2. The van der Waals surface area contributed by atoms with Crippen molar-refractivity contribution in [3.63, 3.8) is 0 Å². The first-order valence-corrected chi connectivity index (χ1v) is 10.1. The molecule has 0 bridgehead atoms. The van der Waals surface area contributed by atoms with E-state index in [0.717, 1.165) is 34.9 Å². The Labute approximate surface area is 172 Å². The molecule has 28 heavy (non-hydrogen) atoms. The summed E-state index contributed by atoms with van der Waals surface area (Å²) in [5.74, 6) is -0.144. The van der Waals surface area contributed by atoms with Crippen LogP contribution in [0.2, 0.25) is 0 Å². The molecule has 1 atom stereocenters. The molecule has 0 radical (unpaired) electrons. The third-order valence-electron chi connectivity index (χ3n) is 4.40. The fourth-order valence-corrected chi connectivity index (χ4v) is 3.98. The van der Waals surface area contributed by atoms with E-state index in [1.807, 2.05) is 20.8 Å². The number of ether oxygens (including phenoxy) is 1. The molecule has 0 spiro atoms. The highest BCUT2D eigenvalue weighted by Crippen LogP contribution is 2.38. The molecule has 0 unspecified atom stereocenters. The van der Waals surface area contributed by atoms with Crippen LogP contribution in [0.15, 0.2) is 16.9 Å². The van der Waals surface area contributed by atoms with Gasteiger partial charge in [0.15, 0.2) is 0 Å². The second-order valence-corrected chi connectivity index (χ2v) is 8.85. The summed E-state index contributed by atoms with van der Waals surface area (Å²) in [5.41, 5.74) is 1.81. The van der Waals surface area contributed by atoms with Crippen LogP contribution in [0.3, 0.4) is 0 Å². The molecule has 0 saturated carbocycles. The first kappa shape index (κ1) is 20.4. The van der Waals surface area contributed by atoms with Crippen LogP contribution >= 0.6 is 15.9 Å². The van der Waals surface area contributed by atoms with Gasteiger partial charge in [-0.3, -0.25) is 4.79 Å². The van der Waals surface area contributed by atoms with Crippen molar-refractivity contribution >= 4 is 50.3 Å². The Bertz CT molecular complexity index is 890. The Hall–Kier alpha value is -2.29. The Morgan fingerprint density at radius 3 is 2.82 bits per heavy atom. The number of H-pyrrole nitrogens is 1. The van der Waals surface area contributed by atoms with Gasteiger partial charge in [0.1, 0.15) is 11.2 Å². The number of hydrogen-bond acceptors (Lipinski definition) is 5. The number of alkyl carbamates (subject to hydrolysis) is 1. The number of pyridine rings is 1. The zero-order chi connectivity index (χ0) is 20.5. The van der Waals surface area contributed by atoms with Crippen LogP contribution in [-0.2, 0) is 9.53 Å². The number of aromatic amines is 1. The average Bonchev–Trinajstić information content (AvgIpc) is 2.95. The molecule has 0 aliphatic carbocycles. The van der Waals surface area contributed by atoms with Crippen molar-refractivity contribution in [1.29, 1.82) is 0 Å². The molecule has 152 valence electrons. The standard InChI is InChI=1S/C19H26BrN5O3/c1-11(26)23-14-9-22-17-15(14)16(13(20)8-21-17)25-7-5-6-12(10-25)24-18(27)28-19(2,3)4/h8-9,12H,5-7,10H2,1-4H3,(H,21,22)(H,23,26)(H,24,27)/t12-/m1/s1. The molecule has 9 heteroatoms. The van der Waals surface area contributed by atoms with Crippen molar-refractivity contribution in [2.75, 3.05) is 23.3 Å². The van der Waals surface area contributed by atoms with Crippen LogP contribution in [0.25, 0.3) is 11.0 Å². The van der Waals surface area contributed by atoms with E-state index >= 15 is 0 Å². The van der Waals surface area contributed by atoms with Gasteiger partial charge in [-0.05, 0) is 49.5 Å². The number of halogens is 1. The van der Waals surface area contributed by atoms with Gasteiger partial charge in [0, 0.05) is 38.4 Å². The number of fused-ring (bicyclic) bond motifs is 1. The Kier molecular flexibility index (Phi) is 5.83. The normalized spacial score (nSPS) is 17.5. The zero-order valence-corrected chi connectivity index (χ0v) is 18.1. The third-order valence-corrected chi connectivity index (χ3v) is 4.98. The highest BCUT2D eigenvalue weighted by Gasteiger charge is 2.27. The summed E-state index contributed by atoms with van der Waals surface area (Å²) >= 11 is 3.61. The third kappa shape index (κ3) is 4.76. The molecule has 2 amide bonds. The van der Waals surface area contributed by atoms with Crippen LogP contribution in [0, 0.1) is 0 Å². The zero-order valence-electron chi connectivity index (χ0n) is 16.6. The van der Waals surface area contributed by atoms with Crippen LogP contribution in [-0.4, -0.2) is 46.7 Å². The average molecular weight is 452 g/mol. The van der Waals surface area contributed by atoms with E-state index in [9.17, 15) is 9.59 Å². The highest BCUT2D eigenvalue weighted by atomic mass is 79.9. The van der Waals surface area contributed by atoms with Gasteiger partial charge in [0.2, 0.25) is 5.91 Å². The van der Waals surface area contributed by atoms with Gasteiger partial charge in [-0.1, -0.05) is 0 Å². The van der Waals surface area contributed by atoms with Crippen LogP contribution in [0.4, 0.5) is 16.2 Å². The highest BCUT2D eigenvalue weighted by molar-refractivity contribution is 9.10. The van der Waals surface area contributed by atoms with Crippen molar-refractivity contribution in [2.24, 2.45) is 0 Å². The smallest absolute Gasteiger partial charge is 0.407 e. The Morgan fingerprint density at radius 1 is 1.39 bits per heavy atom. The van der Waals surface area contributed by atoms with E-state index in [-0.39, 0.29) is 11.9 Å². The van der Waals surface area contributed by atoms with E-state index in [2.05, 4.69) is 41.4 Å². The maximum absolute atomic E-state index is 12.2. The van der Waals surface area contributed by atoms with E-state index in [1.54, 1.807) is 12.4 Å². The van der Waals surface area contributed by atoms with Crippen molar-refractivity contribution < 1.29 is 14.3 Å². The lowest BCUT2D eigenvalue weighted by molar-refractivity contribution is -0.114. The molecule has 0 aromatic carbocycles. The number of carbonyl (C=O) groups is 2. The Morgan fingerprint density at radius 2 is 2.14 bits per heavy atom. The van der Waals surface area contributed by atoms with E-state index in [0.29, 0.717) is 17.9 Å². The fraction of sp³-hybridized carbons (Fsp3) is 0.526. The molecule has 8 nitrogen and oxygen atoms in total. The molecule has 1 saturated heterocycles. The van der Waals surface area contributed by atoms with Crippen LogP contribution in [0.1, 0.15) is 40.5 Å². The molecule has 2 aromatic heterocycles. The number of piperidine rings is 1. The molecular weight excluding hydrogens is 426 g/mol. The van der Waals surface area contributed by atoms with Crippen LogP contribution in [0.5, 0.6) is 0 Å². The molecule has 1 aliphatic rings. The summed E-state index contributed by atoms with van der Waals surface area (Å²) in [6.07, 6.45) is 4.90. The molecular formula is C19H26BrN5O3. The lowest BCUT2D eigenvalue weighted by atomic mass is 10.0. The second-order valence-electron chi connectivity index (χ2n) is 7.99. The largest absolute Gasteiger partial charge is 0.444 e. The number of carbonyl (C=O) groups excluding carboxylic acids is 2. The fourth-order valence-electron chi connectivity index (χ4n) is 3.43. The van der Waals surface area contributed by atoms with E-state index < -0.39 is 11.7 Å². The number of amides is 2. The van der Waals surface area contributed by atoms with E-state index in [4.69, 9.17) is 4.74 Å². The summed E-state index contributed by atoms with van der Waals surface area (Å²) in [5, 5.41) is 6.68. The number of nitrogens with zero attached hydrogens (tertiary/aromatic N) is 2. The second kappa shape index (κ2) is 7.98. The summed E-state index contributed by atoms with van der Waals surface area (Å²) in [6.45, 7) is 8.50. The van der Waals surface area contributed by atoms with Crippen LogP contribution < -0.4 is 15.5 Å². The molecule has 2 aromatic rings. The quantitative estimate of drug-likeness (QED) is 0.659. The SMILES string of the molecule is CC(=O)Nc1c[nH]c2ncc(Br)c(N3CCC[C@@H](NC(=O)OC(C)(C)C)C3)c12. The van der Waals surface area contributed by atoms with Gasteiger partial charge in [-0.2, -0.15) is 0 Å². The molecule has 1 aliphatic heterocycles. The van der Waals surface area contributed by atoms with Gasteiger partial charge < -0.3 is 25.3 Å². The summed E-state index contributed by atoms with van der Waals surface area (Å²) in [4.78, 5) is 33.5. The molecule has 3 N–H and O–H groups in total. The predicted octanol–water partition coefficient (Wildman–Crippen LogP) is 3.78. The Balaban J connectivity index is 1.85. The maximum atomic E-state index is 12.2. The molecule has 3 rings (SSSR count). The minimum atomic E-state index is -0.531. The van der Waals surface area contributed by atoms with Crippen molar-refractivity contribution in [3.05, 3.63) is 16.9 Å². The van der Waals surface area contributed by atoms with Crippen molar-refractivity contribution in [3.8, 4) is 0 Å². The van der Waals surface area contributed by atoms with Gasteiger partial charge in [0.25, 0.3) is 0 Å². The minimum Gasteiger partial charge on any atom is -0.444 e. The van der Waals surface area contributed by atoms with E-state index in [1.165, 1.54) is 6.92 Å². The van der Waals surface area contributed by atoms with Crippen molar-refractivity contribution in [2.45, 2.75) is 52.2 Å². The lowest BCUT2D eigenvalue weighted by Gasteiger charge is -2.36. The predicted molar refractivity (Wildman–Crippen MR) is 113 cm³/mol. The number of nitrogens with one attached hydrogen (secondary N) is 3. The molecule has 3 heterocycles. The van der Waals surface area contributed by atoms with Gasteiger partial charge >= 0.3 is 6.09 Å². The summed E-state index contributed by atoms with van der Waals surface area (Å²) in [6, 6.07) is -0.0260. The van der Waals surface area contributed by atoms with Gasteiger partial charge in [-0.25, -0.2) is 9.78 Å². The minimum absolute atomic E-state index is 0.0260. The lowest BCUT2D eigenvalue weighted by Crippen LogP contribution is -2.49. The maximum Gasteiger partial charge on any atom is 0.407 e. The number of hydrogen-bond donors (Lipinski definition) is 3.